The normalized spacial score (nSPS) is 20.0. The molecule has 2 aromatic rings. The van der Waals surface area contributed by atoms with Gasteiger partial charge in [0.25, 0.3) is 11.7 Å². The highest BCUT2D eigenvalue weighted by atomic mass is 16.5. The second kappa shape index (κ2) is 12.3. The Bertz CT molecular complexity index is 1120. The molecular formula is C29H36N2O6. The van der Waals surface area contributed by atoms with Crippen molar-refractivity contribution in [1.29, 1.82) is 0 Å². The van der Waals surface area contributed by atoms with Gasteiger partial charge < -0.3 is 24.2 Å². The maximum atomic E-state index is 13.3. The first-order valence-electron chi connectivity index (χ1n) is 12.9. The second-order valence-electron chi connectivity index (χ2n) is 9.75. The van der Waals surface area contributed by atoms with Gasteiger partial charge in [0, 0.05) is 31.7 Å². The van der Waals surface area contributed by atoms with E-state index < -0.39 is 17.7 Å². The third kappa shape index (κ3) is 6.14. The molecule has 1 N–H and O–H groups in total. The number of ether oxygens (including phenoxy) is 3. The number of nitrogens with zero attached hydrogens (tertiary/aromatic N) is 2. The molecule has 0 radical (unpaired) electrons. The van der Waals surface area contributed by atoms with E-state index in [1.165, 1.54) is 0 Å². The van der Waals surface area contributed by atoms with Gasteiger partial charge in [-0.2, -0.15) is 0 Å². The van der Waals surface area contributed by atoms with E-state index in [9.17, 15) is 14.7 Å². The van der Waals surface area contributed by atoms with Crippen LogP contribution in [0.4, 0.5) is 0 Å². The zero-order valence-corrected chi connectivity index (χ0v) is 21.8. The number of rotatable bonds is 10. The number of hydrogen-bond donors (Lipinski definition) is 1. The summed E-state index contributed by atoms with van der Waals surface area (Å²) in [7, 11) is 1.56. The van der Waals surface area contributed by atoms with Crippen LogP contribution in [-0.2, 0) is 14.3 Å². The van der Waals surface area contributed by atoms with Crippen molar-refractivity contribution >= 4 is 17.4 Å². The third-order valence-corrected chi connectivity index (χ3v) is 6.80. The number of methoxy groups -OCH3 is 1. The summed E-state index contributed by atoms with van der Waals surface area (Å²) < 4.78 is 17.0. The molecule has 2 aromatic carbocycles. The minimum absolute atomic E-state index is 0.0775. The van der Waals surface area contributed by atoms with Gasteiger partial charge in [-0.15, -0.1) is 0 Å². The Balaban J connectivity index is 1.71. The molecule has 0 aromatic heterocycles. The topological polar surface area (TPSA) is 88.5 Å². The lowest BCUT2D eigenvalue weighted by Crippen LogP contribution is -2.42. The summed E-state index contributed by atoms with van der Waals surface area (Å²) in [6, 6.07) is 13.5. The number of likely N-dealkylation sites (tertiary alicyclic amines) is 1. The van der Waals surface area contributed by atoms with Crippen LogP contribution in [0.1, 0.15) is 37.4 Å². The van der Waals surface area contributed by atoms with Crippen LogP contribution in [0.15, 0.2) is 54.1 Å². The molecule has 198 valence electrons. The lowest BCUT2D eigenvalue weighted by atomic mass is 9.95. The molecule has 0 spiro atoms. The summed E-state index contributed by atoms with van der Waals surface area (Å²) in [5.41, 5.74) is 1.24. The highest BCUT2D eigenvalue weighted by Gasteiger charge is 2.46. The fourth-order valence-electron chi connectivity index (χ4n) is 4.66. The Labute approximate surface area is 218 Å². The molecule has 2 saturated heterocycles. The SMILES string of the molecule is COc1cc(C2C(=C(O)c3ccccc3)C(=O)C(=O)N2CCN2CCOCC2)ccc1OCCC(C)C. The van der Waals surface area contributed by atoms with Crippen molar-refractivity contribution < 1.29 is 28.9 Å². The lowest BCUT2D eigenvalue weighted by Gasteiger charge is -2.31. The number of benzene rings is 2. The fourth-order valence-corrected chi connectivity index (χ4v) is 4.66. The first-order chi connectivity index (χ1) is 17.9. The minimum atomic E-state index is -0.750. The van der Waals surface area contributed by atoms with Gasteiger partial charge >= 0.3 is 0 Å². The molecule has 2 aliphatic rings. The maximum absolute atomic E-state index is 13.3. The summed E-state index contributed by atoms with van der Waals surface area (Å²) in [4.78, 5) is 30.3. The Morgan fingerprint density at radius 3 is 2.46 bits per heavy atom. The second-order valence-corrected chi connectivity index (χ2v) is 9.75. The molecule has 0 saturated carbocycles. The number of carbonyl (C=O) groups is 2. The van der Waals surface area contributed by atoms with Crippen molar-refractivity contribution in [3.8, 4) is 11.5 Å². The first kappa shape index (κ1) is 26.7. The van der Waals surface area contributed by atoms with Crippen LogP contribution in [0.5, 0.6) is 11.5 Å². The third-order valence-electron chi connectivity index (χ3n) is 6.80. The summed E-state index contributed by atoms with van der Waals surface area (Å²) in [6.45, 7) is 8.61. The maximum Gasteiger partial charge on any atom is 0.295 e. The molecule has 2 heterocycles. The molecular weight excluding hydrogens is 472 g/mol. The molecule has 37 heavy (non-hydrogen) atoms. The summed E-state index contributed by atoms with van der Waals surface area (Å²) in [6.07, 6.45) is 0.906. The number of aliphatic hydroxyl groups is 1. The predicted molar refractivity (Wildman–Crippen MR) is 141 cm³/mol. The zero-order valence-electron chi connectivity index (χ0n) is 21.8. The van der Waals surface area contributed by atoms with Crippen molar-refractivity contribution in [3.63, 3.8) is 0 Å². The van der Waals surface area contributed by atoms with Gasteiger partial charge in [0.2, 0.25) is 0 Å². The van der Waals surface area contributed by atoms with Crippen molar-refractivity contribution in [2.75, 3.05) is 53.1 Å². The average Bonchev–Trinajstić information content (AvgIpc) is 3.17. The predicted octanol–water partition coefficient (Wildman–Crippen LogP) is 3.87. The van der Waals surface area contributed by atoms with Crippen molar-refractivity contribution in [2.24, 2.45) is 5.92 Å². The van der Waals surface area contributed by atoms with Gasteiger partial charge in [0.1, 0.15) is 5.76 Å². The summed E-state index contributed by atoms with van der Waals surface area (Å²) in [5.74, 6) is 0.125. The van der Waals surface area contributed by atoms with E-state index >= 15 is 0 Å². The number of ketones is 1. The van der Waals surface area contributed by atoms with Gasteiger partial charge in [-0.1, -0.05) is 50.2 Å². The highest BCUT2D eigenvalue weighted by molar-refractivity contribution is 6.46. The van der Waals surface area contributed by atoms with E-state index in [1.807, 2.05) is 12.1 Å². The van der Waals surface area contributed by atoms with Gasteiger partial charge in [-0.3, -0.25) is 14.5 Å². The Kier molecular flexibility index (Phi) is 8.84. The van der Waals surface area contributed by atoms with Crippen LogP contribution < -0.4 is 9.47 Å². The van der Waals surface area contributed by atoms with Crippen LogP contribution in [0.3, 0.4) is 0 Å². The largest absolute Gasteiger partial charge is 0.507 e. The van der Waals surface area contributed by atoms with Crippen molar-refractivity contribution in [1.82, 2.24) is 9.80 Å². The van der Waals surface area contributed by atoms with E-state index in [1.54, 1.807) is 48.4 Å². The van der Waals surface area contributed by atoms with Gasteiger partial charge in [0.05, 0.1) is 38.5 Å². The first-order valence-corrected chi connectivity index (χ1v) is 12.9. The molecule has 1 atom stereocenters. The number of hydrogen-bond acceptors (Lipinski definition) is 7. The highest BCUT2D eigenvalue weighted by Crippen LogP contribution is 2.42. The van der Waals surface area contributed by atoms with Crippen LogP contribution in [0.25, 0.3) is 5.76 Å². The molecule has 0 aliphatic carbocycles. The van der Waals surface area contributed by atoms with E-state index in [-0.39, 0.29) is 11.3 Å². The van der Waals surface area contributed by atoms with Gasteiger partial charge in [-0.25, -0.2) is 0 Å². The van der Waals surface area contributed by atoms with Gasteiger partial charge in [-0.05, 0) is 30.0 Å². The van der Waals surface area contributed by atoms with E-state index in [4.69, 9.17) is 14.2 Å². The summed E-state index contributed by atoms with van der Waals surface area (Å²) >= 11 is 0. The standard InChI is InChI=1S/C29H36N2O6/c1-20(2)11-16-37-23-10-9-22(19-24(23)35-3)26-25(27(32)21-7-5-4-6-8-21)28(33)29(34)31(26)13-12-30-14-17-36-18-15-30/h4-10,19-20,26,32H,11-18H2,1-3H3. The molecule has 2 fully saturated rings. The Morgan fingerprint density at radius 2 is 1.78 bits per heavy atom. The lowest BCUT2D eigenvalue weighted by molar-refractivity contribution is -0.140. The smallest absolute Gasteiger partial charge is 0.295 e. The molecule has 2 aliphatic heterocycles. The van der Waals surface area contributed by atoms with Crippen LogP contribution >= 0.6 is 0 Å². The van der Waals surface area contributed by atoms with Crippen molar-refractivity contribution in [3.05, 3.63) is 65.2 Å². The van der Waals surface area contributed by atoms with Gasteiger partial charge in [0.15, 0.2) is 11.5 Å². The van der Waals surface area contributed by atoms with Crippen LogP contribution in [0.2, 0.25) is 0 Å². The number of carbonyl (C=O) groups excluding carboxylic acids is 2. The quantitative estimate of drug-likeness (QED) is 0.296. The van der Waals surface area contributed by atoms with Crippen molar-refractivity contribution in [2.45, 2.75) is 26.3 Å². The molecule has 1 amide bonds. The molecule has 1 unspecified atom stereocenters. The van der Waals surface area contributed by atoms with E-state index in [2.05, 4.69) is 18.7 Å². The minimum Gasteiger partial charge on any atom is -0.507 e. The Morgan fingerprint density at radius 1 is 1.05 bits per heavy atom. The van der Waals surface area contributed by atoms with Crippen LogP contribution in [-0.4, -0.2) is 79.7 Å². The molecule has 0 bridgehead atoms. The molecule has 4 rings (SSSR count). The zero-order chi connectivity index (χ0) is 26.4. The number of Topliss-reactive ketones (excluding diaryl/α,β-unsaturated/α-hetero) is 1. The van der Waals surface area contributed by atoms with E-state index in [0.29, 0.717) is 61.5 Å². The number of morpholine rings is 1. The number of amides is 1. The monoisotopic (exact) mass is 508 g/mol. The molecule has 8 nitrogen and oxygen atoms in total. The average molecular weight is 509 g/mol. The molecule has 8 heteroatoms. The van der Waals surface area contributed by atoms with Crippen LogP contribution in [0, 0.1) is 5.92 Å². The van der Waals surface area contributed by atoms with E-state index in [0.717, 1.165) is 19.5 Å². The fraction of sp³-hybridized carbons (Fsp3) is 0.448. The summed E-state index contributed by atoms with van der Waals surface area (Å²) in [5, 5.41) is 11.2. The number of aliphatic hydroxyl groups excluding tert-OH is 1. The Hall–Kier alpha value is -3.36.